The van der Waals surface area contributed by atoms with Gasteiger partial charge in [-0.15, -0.1) is 0 Å². The number of fused-ring (bicyclic) bond motifs is 1. The highest BCUT2D eigenvalue weighted by Gasteiger charge is 2.29. The smallest absolute Gasteiger partial charge is 0.410 e. The Bertz CT molecular complexity index is 1570. The Labute approximate surface area is 234 Å². The SMILES string of the molecule is CC(C)(C)OC(=O)N1CCC(c2n[nH]c3ccc(Nc4nccc(Nc5ccccc5P(C)(C)=O)n4)cc23)CC1. The van der Waals surface area contributed by atoms with Crippen LogP contribution >= 0.6 is 7.14 Å². The zero-order valence-electron chi connectivity index (χ0n) is 23.6. The van der Waals surface area contributed by atoms with E-state index in [1.165, 1.54) is 0 Å². The molecule has 1 fully saturated rings. The number of benzene rings is 2. The minimum Gasteiger partial charge on any atom is -0.444 e. The van der Waals surface area contributed by atoms with Crippen molar-refractivity contribution >= 4 is 52.6 Å². The highest BCUT2D eigenvalue weighted by Crippen LogP contribution is 2.38. The van der Waals surface area contributed by atoms with Crippen LogP contribution in [0, 0.1) is 0 Å². The number of H-pyrrole nitrogens is 1. The fourth-order valence-electron chi connectivity index (χ4n) is 4.89. The summed E-state index contributed by atoms with van der Waals surface area (Å²) in [5.41, 5.74) is 3.05. The van der Waals surface area contributed by atoms with Crippen LogP contribution in [-0.2, 0) is 9.30 Å². The van der Waals surface area contributed by atoms with Gasteiger partial charge in [0.25, 0.3) is 0 Å². The number of likely N-dealkylation sites (tertiary alicyclic amines) is 1. The van der Waals surface area contributed by atoms with Crippen molar-refractivity contribution in [1.29, 1.82) is 0 Å². The summed E-state index contributed by atoms with van der Waals surface area (Å²) in [7, 11) is -2.47. The second-order valence-electron chi connectivity index (χ2n) is 11.5. The van der Waals surface area contributed by atoms with Crippen molar-refractivity contribution in [2.75, 3.05) is 37.1 Å². The Hall–Kier alpha value is -3.91. The number of anilines is 4. The number of rotatable bonds is 6. The molecule has 210 valence electrons. The average molecular weight is 562 g/mol. The molecule has 2 aromatic heterocycles. The summed E-state index contributed by atoms with van der Waals surface area (Å²) < 4.78 is 18.3. The van der Waals surface area contributed by atoms with Gasteiger partial charge in [-0.2, -0.15) is 10.1 Å². The molecule has 0 radical (unpaired) electrons. The van der Waals surface area contributed by atoms with Gasteiger partial charge in [-0.3, -0.25) is 5.10 Å². The highest BCUT2D eigenvalue weighted by molar-refractivity contribution is 7.70. The normalized spacial score (nSPS) is 14.8. The molecule has 3 heterocycles. The molecule has 10 nitrogen and oxygen atoms in total. The van der Waals surface area contributed by atoms with Crippen molar-refractivity contribution in [1.82, 2.24) is 25.1 Å². The van der Waals surface area contributed by atoms with E-state index in [0.29, 0.717) is 24.9 Å². The number of hydrogen-bond acceptors (Lipinski definition) is 8. The molecule has 0 unspecified atom stereocenters. The van der Waals surface area contributed by atoms with Crippen molar-refractivity contribution in [2.24, 2.45) is 0 Å². The number of aromatic amines is 1. The maximum atomic E-state index is 12.7. The standard InChI is InChI=1S/C29H36N7O3P/c1-29(2,3)39-28(37)36-16-13-19(14-17-36)26-21-18-20(10-11-22(21)34-35-26)31-27-30-15-12-25(33-27)32-23-8-6-7-9-24(23)40(4,5)38/h6-12,15,18-19H,13-14,16-17H2,1-5H3,(H,34,35)(H2,30,31,32,33). The fraction of sp³-hybridized carbons (Fsp3) is 0.379. The summed E-state index contributed by atoms with van der Waals surface area (Å²) in [6.07, 6.45) is 3.05. The van der Waals surface area contributed by atoms with Crippen molar-refractivity contribution in [2.45, 2.75) is 45.1 Å². The van der Waals surface area contributed by atoms with Crippen LogP contribution in [0.1, 0.15) is 45.2 Å². The van der Waals surface area contributed by atoms with E-state index in [0.717, 1.165) is 46.1 Å². The van der Waals surface area contributed by atoms with Gasteiger partial charge in [-0.25, -0.2) is 9.78 Å². The molecule has 0 saturated carbocycles. The highest BCUT2D eigenvalue weighted by atomic mass is 31.2. The van der Waals surface area contributed by atoms with Gasteiger partial charge >= 0.3 is 6.09 Å². The Kier molecular flexibility index (Phi) is 7.55. The van der Waals surface area contributed by atoms with E-state index in [-0.39, 0.29) is 12.0 Å². The Morgan fingerprint density at radius 3 is 2.55 bits per heavy atom. The van der Waals surface area contributed by atoms with Crippen molar-refractivity contribution in [3.8, 4) is 0 Å². The van der Waals surface area contributed by atoms with E-state index in [2.05, 4.69) is 36.9 Å². The van der Waals surface area contributed by atoms with Crippen molar-refractivity contribution in [3.63, 3.8) is 0 Å². The minimum absolute atomic E-state index is 0.236. The Morgan fingerprint density at radius 2 is 1.82 bits per heavy atom. The third kappa shape index (κ3) is 6.45. The van der Waals surface area contributed by atoms with Gasteiger partial charge in [0.2, 0.25) is 5.95 Å². The second-order valence-corrected chi connectivity index (χ2v) is 14.7. The predicted octanol–water partition coefficient (Wildman–Crippen LogP) is 6.20. The number of amides is 1. The number of nitrogens with zero attached hydrogens (tertiary/aromatic N) is 4. The summed E-state index contributed by atoms with van der Waals surface area (Å²) in [6.45, 7) is 10.4. The predicted molar refractivity (Wildman–Crippen MR) is 160 cm³/mol. The summed E-state index contributed by atoms with van der Waals surface area (Å²) >= 11 is 0. The number of hydrogen-bond donors (Lipinski definition) is 3. The molecular weight excluding hydrogens is 525 g/mol. The molecule has 1 saturated heterocycles. The van der Waals surface area contributed by atoms with Crippen LogP contribution in [0.5, 0.6) is 0 Å². The van der Waals surface area contributed by atoms with Crippen LogP contribution in [-0.4, -0.2) is 63.2 Å². The van der Waals surface area contributed by atoms with E-state index in [4.69, 9.17) is 4.74 Å². The lowest BCUT2D eigenvalue weighted by atomic mass is 9.91. The van der Waals surface area contributed by atoms with Gasteiger partial charge in [0.05, 0.1) is 16.9 Å². The van der Waals surface area contributed by atoms with E-state index < -0.39 is 12.7 Å². The maximum Gasteiger partial charge on any atom is 0.410 e. The summed E-state index contributed by atoms with van der Waals surface area (Å²) in [4.78, 5) is 23.3. The molecule has 0 bridgehead atoms. The van der Waals surface area contributed by atoms with Crippen LogP contribution in [0.4, 0.5) is 27.9 Å². The molecule has 1 amide bonds. The van der Waals surface area contributed by atoms with Crippen LogP contribution in [0.2, 0.25) is 0 Å². The first-order valence-corrected chi connectivity index (χ1v) is 16.0. The van der Waals surface area contributed by atoms with Crippen LogP contribution in [0.25, 0.3) is 10.9 Å². The van der Waals surface area contributed by atoms with Gasteiger partial charge < -0.3 is 24.8 Å². The van der Waals surface area contributed by atoms with Gasteiger partial charge in [0.15, 0.2) is 0 Å². The molecule has 5 rings (SSSR count). The lowest BCUT2D eigenvalue weighted by Gasteiger charge is -2.33. The molecule has 1 aliphatic rings. The van der Waals surface area contributed by atoms with E-state index >= 15 is 0 Å². The van der Waals surface area contributed by atoms with Crippen molar-refractivity contribution < 1.29 is 14.1 Å². The molecule has 0 atom stereocenters. The minimum atomic E-state index is -2.47. The first-order valence-electron chi connectivity index (χ1n) is 13.4. The first kappa shape index (κ1) is 27.6. The summed E-state index contributed by atoms with van der Waals surface area (Å²) in [5.74, 6) is 1.27. The lowest BCUT2D eigenvalue weighted by molar-refractivity contribution is 0.0204. The second kappa shape index (κ2) is 10.9. The number of nitrogens with one attached hydrogen (secondary N) is 3. The van der Waals surface area contributed by atoms with Gasteiger partial charge in [-0.1, -0.05) is 12.1 Å². The fourth-order valence-corrected chi connectivity index (χ4v) is 6.05. The zero-order chi connectivity index (χ0) is 28.5. The lowest BCUT2D eigenvalue weighted by Crippen LogP contribution is -2.41. The largest absolute Gasteiger partial charge is 0.444 e. The van der Waals surface area contributed by atoms with E-state index in [1.54, 1.807) is 30.5 Å². The summed E-state index contributed by atoms with van der Waals surface area (Å²) in [5, 5.41) is 16.2. The molecule has 40 heavy (non-hydrogen) atoms. The van der Waals surface area contributed by atoms with Crippen LogP contribution < -0.4 is 15.9 Å². The van der Waals surface area contributed by atoms with Gasteiger partial charge in [-0.05, 0) is 83.3 Å². The Balaban J connectivity index is 1.30. The molecule has 3 N–H and O–H groups in total. The maximum absolute atomic E-state index is 12.7. The average Bonchev–Trinajstić information content (AvgIpc) is 3.31. The molecule has 0 spiro atoms. The van der Waals surface area contributed by atoms with Crippen LogP contribution in [0.15, 0.2) is 54.7 Å². The molecule has 2 aromatic carbocycles. The van der Waals surface area contributed by atoms with Gasteiger partial charge in [0, 0.05) is 41.6 Å². The number of carbonyl (C=O) groups is 1. The quantitative estimate of drug-likeness (QED) is 0.238. The third-order valence-electron chi connectivity index (χ3n) is 6.78. The van der Waals surface area contributed by atoms with Crippen molar-refractivity contribution in [3.05, 3.63) is 60.4 Å². The zero-order valence-corrected chi connectivity index (χ0v) is 24.5. The van der Waals surface area contributed by atoms with Gasteiger partial charge in [0.1, 0.15) is 18.6 Å². The number of piperidine rings is 1. The monoisotopic (exact) mass is 561 g/mol. The third-order valence-corrected chi connectivity index (χ3v) is 8.33. The molecular formula is C29H36N7O3P. The number of ether oxygens (including phenoxy) is 1. The van der Waals surface area contributed by atoms with E-state index in [9.17, 15) is 9.36 Å². The number of aromatic nitrogens is 4. The topological polar surface area (TPSA) is 125 Å². The number of carbonyl (C=O) groups excluding carboxylic acids is 1. The number of para-hydroxylation sites is 1. The molecule has 1 aliphatic heterocycles. The van der Waals surface area contributed by atoms with Crippen LogP contribution in [0.3, 0.4) is 0 Å². The van der Waals surface area contributed by atoms with E-state index in [1.807, 2.05) is 57.2 Å². The summed E-state index contributed by atoms with van der Waals surface area (Å²) in [6, 6.07) is 15.3. The first-order chi connectivity index (χ1) is 19.0. The molecule has 11 heteroatoms. The molecule has 0 aliphatic carbocycles. The molecule has 4 aromatic rings. The Morgan fingerprint density at radius 1 is 1.07 bits per heavy atom.